The van der Waals surface area contributed by atoms with E-state index in [1.165, 1.54) is 0 Å². The molecule has 0 aliphatic heterocycles. The van der Waals surface area contributed by atoms with Crippen LogP contribution >= 0.6 is 0 Å². The van der Waals surface area contributed by atoms with Crippen molar-refractivity contribution in [2.24, 2.45) is 7.05 Å². The standard InChI is InChI=1S/C16H14N2O2/c1-18-14-9-8-12(20-2)10-13(14)17-15(16(18)19)11-6-4-3-5-7-11/h3-10H,1-2H3. The van der Waals surface area contributed by atoms with Crippen LogP contribution in [-0.2, 0) is 7.05 Å². The Kier molecular flexibility index (Phi) is 2.99. The Morgan fingerprint density at radius 1 is 1.10 bits per heavy atom. The van der Waals surface area contributed by atoms with Crippen molar-refractivity contribution in [2.45, 2.75) is 0 Å². The van der Waals surface area contributed by atoms with E-state index in [1.54, 1.807) is 18.7 Å². The summed E-state index contributed by atoms with van der Waals surface area (Å²) >= 11 is 0. The van der Waals surface area contributed by atoms with E-state index in [1.807, 2.05) is 48.5 Å². The number of nitrogens with zero attached hydrogens (tertiary/aromatic N) is 2. The zero-order valence-corrected chi connectivity index (χ0v) is 11.3. The minimum absolute atomic E-state index is 0.103. The molecule has 0 amide bonds. The molecule has 100 valence electrons. The van der Waals surface area contributed by atoms with Gasteiger partial charge in [0.05, 0.1) is 18.1 Å². The van der Waals surface area contributed by atoms with Gasteiger partial charge in [-0.2, -0.15) is 0 Å². The van der Waals surface area contributed by atoms with Gasteiger partial charge in [0.2, 0.25) is 0 Å². The minimum Gasteiger partial charge on any atom is -0.497 e. The molecule has 0 fully saturated rings. The largest absolute Gasteiger partial charge is 0.497 e. The Morgan fingerprint density at radius 3 is 2.55 bits per heavy atom. The van der Waals surface area contributed by atoms with Crippen LogP contribution in [0.5, 0.6) is 5.75 Å². The first-order chi connectivity index (χ1) is 9.70. The van der Waals surface area contributed by atoms with Gasteiger partial charge in [0.15, 0.2) is 0 Å². The van der Waals surface area contributed by atoms with Crippen LogP contribution in [0.25, 0.3) is 22.3 Å². The van der Waals surface area contributed by atoms with Gasteiger partial charge < -0.3 is 9.30 Å². The molecule has 0 radical (unpaired) electrons. The highest BCUT2D eigenvalue weighted by Crippen LogP contribution is 2.20. The summed E-state index contributed by atoms with van der Waals surface area (Å²) in [4.78, 5) is 16.9. The molecule has 3 aromatic rings. The van der Waals surface area contributed by atoms with Gasteiger partial charge in [-0.05, 0) is 12.1 Å². The van der Waals surface area contributed by atoms with Crippen molar-refractivity contribution < 1.29 is 4.74 Å². The quantitative estimate of drug-likeness (QED) is 0.716. The molecule has 20 heavy (non-hydrogen) atoms. The fourth-order valence-electron chi connectivity index (χ4n) is 2.22. The summed E-state index contributed by atoms with van der Waals surface area (Å²) in [6, 6.07) is 15.0. The van der Waals surface area contributed by atoms with E-state index >= 15 is 0 Å². The number of hydrogen-bond acceptors (Lipinski definition) is 3. The lowest BCUT2D eigenvalue weighted by atomic mass is 10.1. The molecular formula is C16H14N2O2. The number of hydrogen-bond donors (Lipinski definition) is 0. The summed E-state index contributed by atoms with van der Waals surface area (Å²) < 4.78 is 6.83. The van der Waals surface area contributed by atoms with Crippen LogP contribution in [0.4, 0.5) is 0 Å². The maximum atomic E-state index is 12.4. The maximum Gasteiger partial charge on any atom is 0.277 e. The number of methoxy groups -OCH3 is 1. The van der Waals surface area contributed by atoms with Gasteiger partial charge in [-0.1, -0.05) is 30.3 Å². The molecule has 4 nitrogen and oxygen atoms in total. The Balaban J connectivity index is 2.34. The van der Waals surface area contributed by atoms with Crippen molar-refractivity contribution in [1.29, 1.82) is 0 Å². The molecule has 3 rings (SSSR count). The molecule has 0 saturated carbocycles. The van der Waals surface area contributed by atoms with Crippen LogP contribution in [0.2, 0.25) is 0 Å². The number of ether oxygens (including phenoxy) is 1. The summed E-state index contributed by atoms with van der Waals surface area (Å²) in [5.41, 5.74) is 2.70. The zero-order valence-electron chi connectivity index (χ0n) is 11.3. The molecule has 0 bridgehead atoms. The molecule has 1 aromatic heterocycles. The van der Waals surface area contributed by atoms with Crippen LogP contribution in [0.15, 0.2) is 53.3 Å². The number of aromatic nitrogens is 2. The second-order valence-electron chi connectivity index (χ2n) is 4.55. The molecule has 0 aliphatic rings. The Bertz CT molecular complexity index is 823. The van der Waals surface area contributed by atoms with Gasteiger partial charge in [0, 0.05) is 18.7 Å². The highest BCUT2D eigenvalue weighted by Gasteiger charge is 2.10. The number of fused-ring (bicyclic) bond motifs is 1. The summed E-state index contributed by atoms with van der Waals surface area (Å²) in [5, 5.41) is 0. The van der Waals surface area contributed by atoms with Crippen LogP contribution in [0.3, 0.4) is 0 Å². The molecule has 1 heterocycles. The molecular weight excluding hydrogens is 252 g/mol. The predicted molar refractivity (Wildman–Crippen MR) is 79.0 cm³/mol. The molecule has 0 spiro atoms. The van der Waals surface area contributed by atoms with Crippen LogP contribution in [0.1, 0.15) is 0 Å². The van der Waals surface area contributed by atoms with Gasteiger partial charge in [0.1, 0.15) is 11.4 Å². The summed E-state index contributed by atoms with van der Waals surface area (Å²) in [5.74, 6) is 0.725. The second kappa shape index (κ2) is 4.81. The zero-order chi connectivity index (χ0) is 14.1. The lowest BCUT2D eigenvalue weighted by Crippen LogP contribution is -2.20. The molecule has 0 saturated heterocycles. The lowest BCUT2D eigenvalue weighted by molar-refractivity contribution is 0.415. The van der Waals surface area contributed by atoms with Crippen molar-refractivity contribution in [3.63, 3.8) is 0 Å². The molecule has 0 N–H and O–H groups in total. The topological polar surface area (TPSA) is 44.1 Å². The van der Waals surface area contributed by atoms with Crippen molar-refractivity contribution >= 4 is 11.0 Å². The summed E-state index contributed by atoms with van der Waals surface area (Å²) in [7, 11) is 3.37. The number of rotatable bonds is 2. The minimum atomic E-state index is -0.103. The van der Waals surface area contributed by atoms with E-state index in [2.05, 4.69) is 4.98 Å². The van der Waals surface area contributed by atoms with E-state index < -0.39 is 0 Å². The van der Waals surface area contributed by atoms with Crippen molar-refractivity contribution in [3.8, 4) is 17.0 Å². The first-order valence-electron chi connectivity index (χ1n) is 6.31. The van der Waals surface area contributed by atoms with E-state index in [0.29, 0.717) is 5.69 Å². The predicted octanol–water partition coefficient (Wildman–Crippen LogP) is 2.61. The third-order valence-corrected chi connectivity index (χ3v) is 3.33. The first-order valence-corrected chi connectivity index (χ1v) is 6.31. The Hall–Kier alpha value is -2.62. The van der Waals surface area contributed by atoms with Crippen LogP contribution in [-0.4, -0.2) is 16.7 Å². The van der Waals surface area contributed by atoms with Crippen molar-refractivity contribution in [2.75, 3.05) is 7.11 Å². The van der Waals surface area contributed by atoms with E-state index in [9.17, 15) is 4.79 Å². The smallest absolute Gasteiger partial charge is 0.277 e. The lowest BCUT2D eigenvalue weighted by Gasteiger charge is -2.09. The molecule has 0 aliphatic carbocycles. The second-order valence-corrected chi connectivity index (χ2v) is 4.55. The van der Waals surface area contributed by atoms with Gasteiger partial charge in [-0.15, -0.1) is 0 Å². The fourth-order valence-corrected chi connectivity index (χ4v) is 2.22. The van der Waals surface area contributed by atoms with Crippen LogP contribution < -0.4 is 10.3 Å². The molecule has 2 aromatic carbocycles. The molecule has 4 heteroatoms. The number of benzene rings is 2. The third kappa shape index (κ3) is 1.95. The summed E-state index contributed by atoms with van der Waals surface area (Å²) in [6.45, 7) is 0. The Labute approximate surface area is 116 Å². The van der Waals surface area contributed by atoms with Crippen molar-refractivity contribution in [1.82, 2.24) is 9.55 Å². The monoisotopic (exact) mass is 266 g/mol. The highest BCUT2D eigenvalue weighted by molar-refractivity contribution is 5.79. The van der Waals surface area contributed by atoms with Crippen molar-refractivity contribution in [3.05, 3.63) is 58.9 Å². The van der Waals surface area contributed by atoms with Gasteiger partial charge in [-0.25, -0.2) is 4.98 Å². The average molecular weight is 266 g/mol. The fraction of sp³-hybridized carbons (Fsp3) is 0.125. The average Bonchev–Trinajstić information content (AvgIpc) is 2.51. The summed E-state index contributed by atoms with van der Waals surface area (Å²) in [6.07, 6.45) is 0. The van der Waals surface area contributed by atoms with E-state index in [4.69, 9.17) is 4.74 Å². The Morgan fingerprint density at radius 2 is 1.85 bits per heavy atom. The first kappa shape index (κ1) is 12.4. The van der Waals surface area contributed by atoms with Gasteiger partial charge >= 0.3 is 0 Å². The molecule has 0 unspecified atom stereocenters. The molecule has 0 atom stereocenters. The van der Waals surface area contributed by atoms with E-state index in [-0.39, 0.29) is 5.56 Å². The van der Waals surface area contributed by atoms with Crippen LogP contribution in [0, 0.1) is 0 Å². The van der Waals surface area contributed by atoms with Gasteiger partial charge in [0.25, 0.3) is 5.56 Å². The highest BCUT2D eigenvalue weighted by atomic mass is 16.5. The SMILES string of the molecule is COc1ccc2c(c1)nc(-c1ccccc1)c(=O)n2C. The van der Waals surface area contributed by atoms with E-state index in [0.717, 1.165) is 22.3 Å². The maximum absolute atomic E-state index is 12.4. The van der Waals surface area contributed by atoms with Gasteiger partial charge in [-0.3, -0.25) is 4.79 Å². The number of aryl methyl sites for hydroxylation is 1. The normalized spacial score (nSPS) is 10.7. The third-order valence-electron chi connectivity index (χ3n) is 3.33.